The Hall–Kier alpha value is -8.14. The molecule has 61 heavy (non-hydrogen) atoms. The number of aromatic nitrogens is 1. The fourth-order valence-electron chi connectivity index (χ4n) is 9.32. The normalized spacial score (nSPS) is 11.6. The predicted molar refractivity (Wildman–Crippen MR) is 257 cm³/mol. The number of para-hydroxylation sites is 3. The lowest BCUT2D eigenvalue weighted by molar-refractivity contribution is 0.673. The Bertz CT molecular complexity index is 3560. The molecular formula is C58H38N2O. The molecule has 0 saturated carbocycles. The summed E-state index contributed by atoms with van der Waals surface area (Å²) in [7, 11) is 0. The number of nitrogens with zero attached hydrogens (tertiary/aromatic N) is 2. The summed E-state index contributed by atoms with van der Waals surface area (Å²) in [6.45, 7) is 0. The van der Waals surface area contributed by atoms with Gasteiger partial charge in [-0.15, -0.1) is 0 Å². The maximum Gasteiger partial charge on any atom is 0.145 e. The molecule has 0 unspecified atom stereocenters. The molecule has 3 nitrogen and oxygen atoms in total. The molecule has 0 bridgehead atoms. The summed E-state index contributed by atoms with van der Waals surface area (Å²) in [5.41, 5.74) is 15.4. The van der Waals surface area contributed by atoms with E-state index in [1.54, 1.807) is 0 Å². The zero-order valence-corrected chi connectivity index (χ0v) is 33.2. The summed E-state index contributed by atoms with van der Waals surface area (Å²) in [4.78, 5) is 2.38. The summed E-state index contributed by atoms with van der Waals surface area (Å²) < 4.78 is 9.23. The summed E-state index contributed by atoms with van der Waals surface area (Å²) in [6.07, 6.45) is 0. The van der Waals surface area contributed by atoms with Gasteiger partial charge >= 0.3 is 0 Å². The molecule has 10 aromatic carbocycles. The van der Waals surface area contributed by atoms with Gasteiger partial charge in [-0.25, -0.2) is 0 Å². The fourth-order valence-corrected chi connectivity index (χ4v) is 9.32. The van der Waals surface area contributed by atoms with Crippen LogP contribution in [0.4, 0.5) is 17.1 Å². The van der Waals surface area contributed by atoms with E-state index in [1.807, 2.05) is 0 Å². The number of hydrogen-bond donors (Lipinski definition) is 0. The number of rotatable bonds is 7. The van der Waals surface area contributed by atoms with Crippen LogP contribution in [-0.4, -0.2) is 4.57 Å². The van der Waals surface area contributed by atoms with Crippen LogP contribution in [0.1, 0.15) is 0 Å². The molecule has 0 aliphatic rings. The molecule has 0 amide bonds. The molecule has 0 radical (unpaired) electrons. The van der Waals surface area contributed by atoms with Gasteiger partial charge in [0.05, 0.1) is 22.1 Å². The Balaban J connectivity index is 1.09. The van der Waals surface area contributed by atoms with Crippen LogP contribution < -0.4 is 4.90 Å². The third kappa shape index (κ3) is 5.82. The van der Waals surface area contributed by atoms with Gasteiger partial charge in [-0.05, 0) is 93.7 Å². The molecular weight excluding hydrogens is 741 g/mol. The predicted octanol–water partition coefficient (Wildman–Crippen LogP) is 16.3. The molecule has 2 heterocycles. The number of fused-ring (bicyclic) bond motifs is 8. The molecule has 0 fully saturated rings. The monoisotopic (exact) mass is 778 g/mol. The van der Waals surface area contributed by atoms with Crippen molar-refractivity contribution in [2.45, 2.75) is 0 Å². The van der Waals surface area contributed by atoms with E-state index in [-0.39, 0.29) is 0 Å². The quantitative estimate of drug-likeness (QED) is 0.161. The smallest absolute Gasteiger partial charge is 0.145 e. The average molecular weight is 779 g/mol. The number of anilines is 3. The first-order valence-electron chi connectivity index (χ1n) is 20.8. The van der Waals surface area contributed by atoms with Crippen molar-refractivity contribution in [3.05, 3.63) is 231 Å². The van der Waals surface area contributed by atoms with E-state index >= 15 is 0 Å². The van der Waals surface area contributed by atoms with Crippen LogP contribution in [0.25, 0.3) is 93.6 Å². The highest BCUT2D eigenvalue weighted by Gasteiger charge is 2.24. The minimum absolute atomic E-state index is 0.889. The molecule has 0 aliphatic heterocycles. The van der Waals surface area contributed by atoms with E-state index in [4.69, 9.17) is 4.42 Å². The molecule has 0 saturated heterocycles. The first-order chi connectivity index (χ1) is 30.3. The van der Waals surface area contributed by atoms with Crippen LogP contribution >= 0.6 is 0 Å². The Kier molecular flexibility index (Phi) is 8.17. The first-order valence-corrected chi connectivity index (χ1v) is 20.8. The lowest BCUT2D eigenvalue weighted by atomic mass is 9.97. The highest BCUT2D eigenvalue weighted by Crippen LogP contribution is 2.47. The van der Waals surface area contributed by atoms with Gasteiger partial charge in [0.2, 0.25) is 0 Å². The van der Waals surface area contributed by atoms with Gasteiger partial charge in [-0.2, -0.15) is 0 Å². The van der Waals surface area contributed by atoms with Gasteiger partial charge < -0.3 is 13.9 Å². The van der Waals surface area contributed by atoms with Gasteiger partial charge in [0.1, 0.15) is 11.2 Å². The molecule has 0 atom stereocenters. The topological polar surface area (TPSA) is 21.3 Å². The van der Waals surface area contributed by atoms with E-state index in [1.165, 1.54) is 33.0 Å². The zero-order valence-electron chi connectivity index (χ0n) is 33.2. The minimum atomic E-state index is 0.889. The lowest BCUT2D eigenvalue weighted by Crippen LogP contribution is -2.11. The Labute approximate surface area is 353 Å². The fraction of sp³-hybridized carbons (Fsp3) is 0. The summed E-state index contributed by atoms with van der Waals surface area (Å²) >= 11 is 0. The highest BCUT2D eigenvalue weighted by atomic mass is 16.3. The zero-order chi connectivity index (χ0) is 40.3. The molecule has 3 heteroatoms. The Morgan fingerprint density at radius 1 is 0.377 bits per heavy atom. The van der Waals surface area contributed by atoms with Crippen LogP contribution in [0, 0.1) is 0 Å². The van der Waals surface area contributed by atoms with Gasteiger partial charge in [0.15, 0.2) is 0 Å². The van der Waals surface area contributed by atoms with Gasteiger partial charge in [0, 0.05) is 44.3 Å². The number of hydrogen-bond acceptors (Lipinski definition) is 2. The van der Waals surface area contributed by atoms with Crippen LogP contribution in [0.3, 0.4) is 0 Å². The van der Waals surface area contributed by atoms with Crippen molar-refractivity contribution in [1.29, 1.82) is 0 Å². The van der Waals surface area contributed by atoms with Gasteiger partial charge in [-0.3, -0.25) is 0 Å². The van der Waals surface area contributed by atoms with E-state index < -0.39 is 0 Å². The van der Waals surface area contributed by atoms with Crippen molar-refractivity contribution >= 4 is 71.6 Å². The van der Waals surface area contributed by atoms with Crippen molar-refractivity contribution in [3.8, 4) is 39.1 Å². The average Bonchev–Trinajstić information content (AvgIpc) is 3.89. The van der Waals surface area contributed by atoms with Crippen molar-refractivity contribution in [1.82, 2.24) is 4.57 Å². The van der Waals surface area contributed by atoms with Crippen molar-refractivity contribution in [2.75, 3.05) is 4.90 Å². The standard InChI is InChI=1S/C58H38N2O/c1-3-15-39(16-4-1)41-27-32-45(33-28-41)59(53-24-12-9-21-48(53)42-18-5-2-6-19-42)46-34-30-43(31-35-46)51-38-52-49-22-11-14-26-55(49)61-58(52)56-50-23-10-13-25-54(50)60(57(51)56)47-36-29-40-17-7-8-20-44(40)37-47/h1-38H. The van der Waals surface area contributed by atoms with E-state index in [0.717, 1.165) is 77.6 Å². The second kappa shape index (κ2) is 14.3. The summed E-state index contributed by atoms with van der Waals surface area (Å²) in [6, 6.07) is 82.9. The Morgan fingerprint density at radius 2 is 0.951 bits per heavy atom. The largest absolute Gasteiger partial charge is 0.455 e. The highest BCUT2D eigenvalue weighted by molar-refractivity contribution is 6.27. The van der Waals surface area contributed by atoms with Crippen LogP contribution in [0.2, 0.25) is 0 Å². The number of furan rings is 1. The Morgan fingerprint density at radius 3 is 1.72 bits per heavy atom. The third-order valence-corrected chi connectivity index (χ3v) is 12.2. The van der Waals surface area contributed by atoms with Crippen LogP contribution in [0.5, 0.6) is 0 Å². The minimum Gasteiger partial charge on any atom is -0.455 e. The van der Waals surface area contributed by atoms with E-state index in [9.17, 15) is 0 Å². The molecule has 0 aliphatic carbocycles. The van der Waals surface area contributed by atoms with Crippen molar-refractivity contribution in [3.63, 3.8) is 0 Å². The molecule has 12 aromatic rings. The van der Waals surface area contributed by atoms with Crippen LogP contribution in [0.15, 0.2) is 235 Å². The summed E-state index contributed by atoms with van der Waals surface area (Å²) in [5.74, 6) is 0. The van der Waals surface area contributed by atoms with Gasteiger partial charge in [0.25, 0.3) is 0 Å². The van der Waals surface area contributed by atoms with E-state index in [0.29, 0.717) is 0 Å². The van der Waals surface area contributed by atoms with Gasteiger partial charge in [-0.1, -0.05) is 170 Å². The maximum absolute atomic E-state index is 6.80. The number of benzene rings is 10. The molecule has 2 aromatic heterocycles. The third-order valence-electron chi connectivity index (χ3n) is 12.2. The lowest BCUT2D eigenvalue weighted by Gasteiger charge is -2.28. The SMILES string of the molecule is c1ccc(-c2ccc(N(c3ccc(-c4cc5c6ccccc6oc5c5c6ccccc6n(-c6ccc7ccccc7c6)c45)cc3)c3ccccc3-c3ccccc3)cc2)cc1. The van der Waals surface area contributed by atoms with Crippen molar-refractivity contribution < 1.29 is 4.42 Å². The maximum atomic E-state index is 6.80. The first kappa shape index (κ1) is 34.9. The second-order valence-corrected chi connectivity index (χ2v) is 15.7. The molecule has 12 rings (SSSR count). The molecule has 286 valence electrons. The second-order valence-electron chi connectivity index (χ2n) is 15.7. The van der Waals surface area contributed by atoms with Crippen LogP contribution in [-0.2, 0) is 0 Å². The summed E-state index contributed by atoms with van der Waals surface area (Å²) in [5, 5.41) is 6.93. The van der Waals surface area contributed by atoms with Crippen molar-refractivity contribution in [2.24, 2.45) is 0 Å². The van der Waals surface area contributed by atoms with E-state index in [2.05, 4.69) is 240 Å². The molecule has 0 spiro atoms. The molecule has 0 N–H and O–H groups in total.